The number of anilines is 1. The number of nitrogens with zero attached hydrogens (tertiary/aromatic N) is 3. The molecule has 0 bridgehead atoms. The van der Waals surface area contributed by atoms with E-state index in [1.165, 1.54) is 4.40 Å². The van der Waals surface area contributed by atoms with E-state index in [2.05, 4.69) is 10.3 Å². The van der Waals surface area contributed by atoms with Crippen LogP contribution in [-0.4, -0.2) is 26.0 Å². The highest BCUT2D eigenvalue weighted by Gasteiger charge is 2.22. The van der Waals surface area contributed by atoms with Crippen molar-refractivity contribution in [3.05, 3.63) is 69.4 Å². The van der Waals surface area contributed by atoms with Crippen molar-refractivity contribution in [1.29, 1.82) is 0 Å². The predicted octanol–water partition coefficient (Wildman–Crippen LogP) is 3.04. The molecule has 2 aromatic heterocycles. The van der Waals surface area contributed by atoms with Gasteiger partial charge in [-0.15, -0.1) is 0 Å². The van der Waals surface area contributed by atoms with Gasteiger partial charge in [-0.1, -0.05) is 29.8 Å². The minimum atomic E-state index is -0.836. The van der Waals surface area contributed by atoms with Crippen LogP contribution in [0.25, 0.3) is 5.65 Å². The van der Waals surface area contributed by atoms with Crippen LogP contribution in [0, 0.1) is 10.1 Å². The quantitative estimate of drug-likeness (QED) is 0.553. The Hall–Kier alpha value is -2.64. The Morgan fingerprint density at radius 2 is 2.04 bits per heavy atom. The molecule has 0 radical (unpaired) electrons. The molecule has 0 aliphatic carbocycles. The molecule has 8 heteroatoms. The molecule has 118 valence electrons. The topological polar surface area (TPSA) is 92.7 Å². The van der Waals surface area contributed by atoms with Gasteiger partial charge in [0.15, 0.2) is 0 Å². The van der Waals surface area contributed by atoms with Crippen LogP contribution in [0.4, 0.5) is 11.6 Å². The molecule has 0 aliphatic rings. The van der Waals surface area contributed by atoms with E-state index in [1.807, 2.05) is 0 Å². The molecule has 0 fully saturated rings. The largest absolute Gasteiger partial charge is 0.387 e. The molecule has 0 aliphatic heterocycles. The van der Waals surface area contributed by atoms with Gasteiger partial charge in [0.1, 0.15) is 0 Å². The molecule has 3 rings (SSSR count). The van der Waals surface area contributed by atoms with Gasteiger partial charge < -0.3 is 20.5 Å². The minimum absolute atomic E-state index is 0.0896. The van der Waals surface area contributed by atoms with E-state index >= 15 is 0 Å². The highest BCUT2D eigenvalue weighted by molar-refractivity contribution is 6.30. The first-order valence-electron chi connectivity index (χ1n) is 6.85. The number of aromatic nitrogens is 2. The molecule has 2 N–H and O–H groups in total. The molecule has 3 aromatic rings. The monoisotopic (exact) mass is 332 g/mol. The van der Waals surface area contributed by atoms with Crippen molar-refractivity contribution >= 4 is 28.9 Å². The molecular formula is C15H13ClN4O3. The van der Waals surface area contributed by atoms with Crippen molar-refractivity contribution in [2.24, 2.45) is 0 Å². The second kappa shape index (κ2) is 6.23. The lowest BCUT2D eigenvalue weighted by atomic mass is 10.1. The number of nitro groups is 1. The Kier molecular flexibility index (Phi) is 4.14. The summed E-state index contributed by atoms with van der Waals surface area (Å²) in [6, 6.07) is 11.9. The second-order valence-corrected chi connectivity index (χ2v) is 5.35. The Morgan fingerprint density at radius 1 is 1.30 bits per heavy atom. The second-order valence-electron chi connectivity index (χ2n) is 4.92. The minimum Gasteiger partial charge on any atom is -0.387 e. The Morgan fingerprint density at radius 3 is 2.74 bits per heavy atom. The number of nitrogens with one attached hydrogen (secondary N) is 1. The summed E-state index contributed by atoms with van der Waals surface area (Å²) >= 11 is 5.81. The van der Waals surface area contributed by atoms with E-state index in [0.29, 0.717) is 16.2 Å². The highest BCUT2D eigenvalue weighted by atomic mass is 35.5. The smallest absolute Gasteiger partial charge is 0.372 e. The SMILES string of the molecule is O=[N+]([O-])c1c(NC[C@H](O)c2ccc(Cl)cc2)nc2ccccn12. The van der Waals surface area contributed by atoms with Crippen LogP contribution in [0.3, 0.4) is 0 Å². The summed E-state index contributed by atoms with van der Waals surface area (Å²) < 4.78 is 1.39. The third kappa shape index (κ3) is 3.10. The maximum atomic E-state index is 11.3. The summed E-state index contributed by atoms with van der Waals surface area (Å²) in [7, 11) is 0. The lowest BCUT2D eigenvalue weighted by Crippen LogP contribution is -2.13. The van der Waals surface area contributed by atoms with Crippen LogP contribution >= 0.6 is 11.6 Å². The predicted molar refractivity (Wildman–Crippen MR) is 86.7 cm³/mol. The number of aliphatic hydroxyl groups excluding tert-OH is 1. The number of imidazole rings is 1. The summed E-state index contributed by atoms with van der Waals surface area (Å²) in [6.07, 6.45) is 0.734. The van der Waals surface area contributed by atoms with Gasteiger partial charge in [0, 0.05) is 17.6 Å². The number of hydrogen-bond acceptors (Lipinski definition) is 5. The van der Waals surface area contributed by atoms with E-state index in [9.17, 15) is 15.2 Å². The van der Waals surface area contributed by atoms with Crippen LogP contribution in [0.15, 0.2) is 48.7 Å². The molecule has 1 atom stereocenters. The molecule has 23 heavy (non-hydrogen) atoms. The lowest BCUT2D eigenvalue weighted by molar-refractivity contribution is -0.389. The lowest BCUT2D eigenvalue weighted by Gasteiger charge is -2.11. The van der Waals surface area contributed by atoms with Crippen LogP contribution in [0.2, 0.25) is 5.02 Å². The molecule has 0 unspecified atom stereocenters. The first kappa shape index (κ1) is 15.3. The van der Waals surface area contributed by atoms with Crippen molar-refractivity contribution < 1.29 is 10.0 Å². The maximum Gasteiger partial charge on any atom is 0.372 e. The van der Waals surface area contributed by atoms with Gasteiger partial charge in [0.2, 0.25) is 11.5 Å². The molecule has 0 spiro atoms. The Bertz CT molecular complexity index is 848. The number of aliphatic hydroxyl groups is 1. The molecule has 7 nitrogen and oxygen atoms in total. The number of benzene rings is 1. The third-order valence-corrected chi connectivity index (χ3v) is 3.65. The fraction of sp³-hybridized carbons (Fsp3) is 0.133. The molecule has 0 amide bonds. The third-order valence-electron chi connectivity index (χ3n) is 3.40. The molecule has 0 saturated heterocycles. The fourth-order valence-electron chi connectivity index (χ4n) is 2.27. The summed E-state index contributed by atoms with van der Waals surface area (Å²) in [5.41, 5.74) is 1.12. The highest BCUT2D eigenvalue weighted by Crippen LogP contribution is 2.26. The number of fused-ring (bicyclic) bond motifs is 1. The van der Waals surface area contributed by atoms with Crippen LogP contribution in [0.1, 0.15) is 11.7 Å². The first-order chi connectivity index (χ1) is 11.1. The van der Waals surface area contributed by atoms with Crippen LogP contribution < -0.4 is 5.32 Å². The van der Waals surface area contributed by atoms with E-state index in [-0.39, 0.29) is 18.2 Å². The van der Waals surface area contributed by atoms with E-state index in [1.54, 1.807) is 48.7 Å². The Labute approximate surface area is 136 Å². The van der Waals surface area contributed by atoms with Gasteiger partial charge in [0.25, 0.3) is 0 Å². The summed E-state index contributed by atoms with van der Waals surface area (Å²) in [4.78, 5) is 15.0. The van der Waals surface area contributed by atoms with Crippen molar-refractivity contribution in [3.63, 3.8) is 0 Å². The van der Waals surface area contributed by atoms with Gasteiger partial charge >= 0.3 is 5.82 Å². The normalized spacial score (nSPS) is 12.3. The average Bonchev–Trinajstić information content (AvgIpc) is 2.91. The van der Waals surface area contributed by atoms with E-state index in [0.717, 1.165) is 0 Å². The molecular weight excluding hydrogens is 320 g/mol. The van der Waals surface area contributed by atoms with Crippen molar-refractivity contribution in [3.8, 4) is 0 Å². The summed E-state index contributed by atoms with van der Waals surface area (Å²) in [5, 5.41) is 24.9. The van der Waals surface area contributed by atoms with Crippen molar-refractivity contribution in [1.82, 2.24) is 9.38 Å². The van der Waals surface area contributed by atoms with E-state index < -0.39 is 11.0 Å². The number of pyridine rings is 1. The van der Waals surface area contributed by atoms with Gasteiger partial charge in [-0.05, 0) is 28.7 Å². The zero-order valence-corrected chi connectivity index (χ0v) is 12.6. The molecule has 1 aromatic carbocycles. The molecule has 0 saturated carbocycles. The molecule has 2 heterocycles. The Balaban J connectivity index is 1.82. The number of rotatable bonds is 5. The fourth-order valence-corrected chi connectivity index (χ4v) is 2.40. The first-order valence-corrected chi connectivity index (χ1v) is 7.23. The van der Waals surface area contributed by atoms with Gasteiger partial charge in [0.05, 0.1) is 12.3 Å². The zero-order chi connectivity index (χ0) is 16.4. The van der Waals surface area contributed by atoms with Crippen molar-refractivity contribution in [2.45, 2.75) is 6.10 Å². The van der Waals surface area contributed by atoms with Gasteiger partial charge in [-0.25, -0.2) is 0 Å². The van der Waals surface area contributed by atoms with Gasteiger partial charge in [-0.2, -0.15) is 9.38 Å². The zero-order valence-electron chi connectivity index (χ0n) is 11.9. The van der Waals surface area contributed by atoms with Crippen LogP contribution in [-0.2, 0) is 0 Å². The van der Waals surface area contributed by atoms with E-state index in [4.69, 9.17) is 11.6 Å². The average molecular weight is 333 g/mol. The van der Waals surface area contributed by atoms with Gasteiger partial charge in [-0.3, -0.25) is 0 Å². The summed E-state index contributed by atoms with van der Waals surface area (Å²) in [5.74, 6) is -0.0434. The van der Waals surface area contributed by atoms with Crippen molar-refractivity contribution in [2.75, 3.05) is 11.9 Å². The maximum absolute atomic E-state index is 11.3. The standard InChI is InChI=1S/C15H13ClN4O3/c16-11-6-4-10(5-7-11)12(21)9-17-14-15(20(22)23)19-8-2-1-3-13(19)18-14/h1-8,12,17,21H,9H2/t12-/m0/s1. The number of hydrogen-bond donors (Lipinski definition) is 2. The number of halogens is 1. The van der Waals surface area contributed by atoms with Crippen LogP contribution in [0.5, 0.6) is 0 Å². The summed E-state index contributed by atoms with van der Waals surface area (Å²) in [6.45, 7) is 0.0896.